The first-order chi connectivity index (χ1) is 11.3. The largest absolute Gasteiger partial charge is 0.484 e. The summed E-state index contributed by atoms with van der Waals surface area (Å²) in [5.74, 6) is -0.716. The Bertz CT molecular complexity index is 555. The predicted molar refractivity (Wildman–Crippen MR) is 80.3 cm³/mol. The maximum absolute atomic E-state index is 12.1. The number of nitrogens with one attached hydrogen (secondary N) is 1. The lowest BCUT2D eigenvalue weighted by Gasteiger charge is -2.31. The number of para-hydroxylation sites is 1. The van der Waals surface area contributed by atoms with E-state index in [1.54, 1.807) is 29.2 Å². The molecule has 0 aromatic heterocycles. The van der Waals surface area contributed by atoms with Crippen molar-refractivity contribution in [1.82, 2.24) is 10.2 Å². The number of alkyl halides is 3. The van der Waals surface area contributed by atoms with Crippen molar-refractivity contribution in [2.45, 2.75) is 19.0 Å². The molecule has 1 N–H and O–H groups in total. The van der Waals surface area contributed by atoms with Gasteiger partial charge in [-0.2, -0.15) is 13.2 Å². The lowest BCUT2D eigenvalue weighted by molar-refractivity contribution is -0.143. The van der Waals surface area contributed by atoms with E-state index in [1.807, 2.05) is 11.4 Å². The molecule has 1 aliphatic heterocycles. The van der Waals surface area contributed by atoms with E-state index in [1.165, 1.54) is 0 Å². The van der Waals surface area contributed by atoms with Crippen molar-refractivity contribution in [2.24, 2.45) is 5.92 Å². The molecule has 5 nitrogen and oxygen atoms in total. The second-order valence-electron chi connectivity index (χ2n) is 5.59. The summed E-state index contributed by atoms with van der Waals surface area (Å²) in [7, 11) is 0. The van der Waals surface area contributed by atoms with Crippen LogP contribution in [0.2, 0.25) is 0 Å². The van der Waals surface area contributed by atoms with Gasteiger partial charge in [0.15, 0.2) is 6.61 Å². The highest BCUT2D eigenvalue weighted by atomic mass is 19.4. The molecule has 0 aliphatic carbocycles. The van der Waals surface area contributed by atoms with E-state index < -0.39 is 24.5 Å². The van der Waals surface area contributed by atoms with E-state index in [9.17, 15) is 22.8 Å². The summed E-state index contributed by atoms with van der Waals surface area (Å²) in [4.78, 5) is 25.3. The number of carbonyl (C=O) groups excluding carboxylic acids is 2. The smallest absolute Gasteiger partial charge is 0.405 e. The summed E-state index contributed by atoms with van der Waals surface area (Å²) in [5.41, 5.74) is 0. The minimum absolute atomic E-state index is 0.102. The predicted octanol–water partition coefficient (Wildman–Crippen LogP) is 1.98. The molecule has 0 bridgehead atoms. The summed E-state index contributed by atoms with van der Waals surface area (Å²) < 4.78 is 41.7. The molecule has 1 aromatic carbocycles. The Kier molecular flexibility index (Phi) is 6.05. The summed E-state index contributed by atoms with van der Waals surface area (Å²) in [6.45, 7) is -0.757. The molecule has 0 unspecified atom stereocenters. The highest BCUT2D eigenvalue weighted by Crippen LogP contribution is 2.19. The van der Waals surface area contributed by atoms with E-state index in [0.29, 0.717) is 31.7 Å². The van der Waals surface area contributed by atoms with Crippen LogP contribution in [-0.2, 0) is 9.59 Å². The molecule has 24 heavy (non-hydrogen) atoms. The van der Waals surface area contributed by atoms with Gasteiger partial charge in [0.2, 0.25) is 5.91 Å². The first-order valence-corrected chi connectivity index (χ1v) is 7.65. The third kappa shape index (κ3) is 5.75. The molecule has 2 amide bonds. The molecule has 0 spiro atoms. The lowest BCUT2D eigenvalue weighted by atomic mass is 9.96. The Morgan fingerprint density at radius 2 is 1.79 bits per heavy atom. The van der Waals surface area contributed by atoms with Crippen molar-refractivity contribution < 1.29 is 27.5 Å². The summed E-state index contributed by atoms with van der Waals surface area (Å²) in [5, 5.41) is 1.89. The first kappa shape index (κ1) is 18.1. The zero-order valence-corrected chi connectivity index (χ0v) is 13.0. The second kappa shape index (κ2) is 8.03. The Balaban J connectivity index is 1.71. The Morgan fingerprint density at radius 1 is 1.17 bits per heavy atom. The molecule has 1 fully saturated rings. The van der Waals surface area contributed by atoms with Gasteiger partial charge in [-0.1, -0.05) is 18.2 Å². The number of likely N-dealkylation sites (tertiary alicyclic amines) is 1. The van der Waals surface area contributed by atoms with Crippen LogP contribution in [0.1, 0.15) is 12.8 Å². The number of nitrogens with zero attached hydrogens (tertiary/aromatic N) is 1. The number of rotatable bonds is 5. The van der Waals surface area contributed by atoms with Gasteiger partial charge < -0.3 is 15.0 Å². The average molecular weight is 344 g/mol. The number of piperidine rings is 1. The van der Waals surface area contributed by atoms with Gasteiger partial charge in [0.1, 0.15) is 12.3 Å². The molecule has 1 heterocycles. The maximum atomic E-state index is 12.1. The van der Waals surface area contributed by atoms with Crippen molar-refractivity contribution >= 4 is 11.8 Å². The van der Waals surface area contributed by atoms with Gasteiger partial charge in [-0.25, -0.2) is 0 Å². The molecule has 1 aromatic rings. The standard InChI is InChI=1S/C16H19F3N2O3/c17-16(18,19)11-20-15(23)12-6-8-21(9-7-12)14(22)10-24-13-4-2-1-3-5-13/h1-5,12H,6-11H2,(H,20,23). The molecular weight excluding hydrogens is 325 g/mol. The van der Waals surface area contributed by atoms with Crippen molar-refractivity contribution in [1.29, 1.82) is 0 Å². The van der Waals surface area contributed by atoms with Gasteiger partial charge in [-0.3, -0.25) is 9.59 Å². The molecule has 1 saturated heterocycles. The van der Waals surface area contributed by atoms with Gasteiger partial charge in [0.25, 0.3) is 5.91 Å². The van der Waals surface area contributed by atoms with Gasteiger partial charge in [0, 0.05) is 19.0 Å². The fraction of sp³-hybridized carbons (Fsp3) is 0.500. The van der Waals surface area contributed by atoms with Crippen LogP contribution in [0, 0.1) is 5.92 Å². The van der Waals surface area contributed by atoms with Crippen LogP contribution in [0.3, 0.4) is 0 Å². The normalized spacial score (nSPS) is 15.9. The van der Waals surface area contributed by atoms with Crippen LogP contribution in [0.5, 0.6) is 5.75 Å². The highest BCUT2D eigenvalue weighted by molar-refractivity contribution is 5.80. The molecule has 0 atom stereocenters. The Labute approximate surface area is 137 Å². The van der Waals surface area contributed by atoms with E-state index in [0.717, 1.165) is 0 Å². The molecule has 8 heteroatoms. The third-order valence-electron chi connectivity index (χ3n) is 3.79. The van der Waals surface area contributed by atoms with Crippen LogP contribution in [0.25, 0.3) is 0 Å². The van der Waals surface area contributed by atoms with Crippen LogP contribution >= 0.6 is 0 Å². The Hall–Kier alpha value is -2.25. The average Bonchev–Trinajstić information content (AvgIpc) is 2.58. The highest BCUT2D eigenvalue weighted by Gasteiger charge is 2.31. The first-order valence-electron chi connectivity index (χ1n) is 7.65. The van der Waals surface area contributed by atoms with Crippen LogP contribution in [0.4, 0.5) is 13.2 Å². The maximum Gasteiger partial charge on any atom is 0.405 e. The zero-order valence-electron chi connectivity index (χ0n) is 13.0. The van der Waals surface area contributed by atoms with Gasteiger partial charge in [-0.05, 0) is 25.0 Å². The minimum atomic E-state index is -4.42. The molecule has 1 aliphatic rings. The monoisotopic (exact) mass is 344 g/mol. The van der Waals surface area contributed by atoms with Crippen LogP contribution < -0.4 is 10.1 Å². The van der Waals surface area contributed by atoms with Crippen LogP contribution in [0.15, 0.2) is 30.3 Å². The fourth-order valence-electron chi connectivity index (χ4n) is 2.48. The SMILES string of the molecule is O=C(NCC(F)(F)F)C1CCN(C(=O)COc2ccccc2)CC1. The number of hydrogen-bond acceptors (Lipinski definition) is 3. The minimum Gasteiger partial charge on any atom is -0.484 e. The number of ether oxygens (including phenoxy) is 1. The molecular formula is C16H19F3N2O3. The Morgan fingerprint density at radius 3 is 2.38 bits per heavy atom. The summed E-state index contributed by atoms with van der Waals surface area (Å²) in [6.07, 6.45) is -3.72. The second-order valence-corrected chi connectivity index (χ2v) is 5.59. The topological polar surface area (TPSA) is 58.6 Å². The number of benzene rings is 1. The molecule has 0 radical (unpaired) electrons. The third-order valence-corrected chi connectivity index (χ3v) is 3.79. The lowest BCUT2D eigenvalue weighted by Crippen LogP contribution is -2.45. The van der Waals surface area contributed by atoms with Gasteiger partial charge >= 0.3 is 6.18 Å². The fourth-order valence-corrected chi connectivity index (χ4v) is 2.48. The zero-order chi connectivity index (χ0) is 17.6. The van der Waals surface area contributed by atoms with Crippen molar-refractivity contribution in [3.63, 3.8) is 0 Å². The molecule has 2 rings (SSSR count). The van der Waals surface area contributed by atoms with Crippen molar-refractivity contribution in [3.8, 4) is 5.75 Å². The van der Waals surface area contributed by atoms with Crippen molar-refractivity contribution in [2.75, 3.05) is 26.2 Å². The summed E-state index contributed by atoms with van der Waals surface area (Å²) >= 11 is 0. The molecule has 0 saturated carbocycles. The number of carbonyl (C=O) groups is 2. The van der Waals surface area contributed by atoms with E-state index >= 15 is 0 Å². The molecule has 132 valence electrons. The number of hydrogen-bond donors (Lipinski definition) is 1. The van der Waals surface area contributed by atoms with Crippen LogP contribution in [-0.4, -0.2) is 49.1 Å². The summed E-state index contributed by atoms with van der Waals surface area (Å²) in [6, 6.07) is 8.91. The van der Waals surface area contributed by atoms with E-state index in [-0.39, 0.29) is 12.5 Å². The number of amides is 2. The van der Waals surface area contributed by atoms with Crippen molar-refractivity contribution in [3.05, 3.63) is 30.3 Å². The quantitative estimate of drug-likeness (QED) is 0.889. The van der Waals surface area contributed by atoms with E-state index in [4.69, 9.17) is 4.74 Å². The van der Waals surface area contributed by atoms with E-state index in [2.05, 4.69) is 0 Å². The van der Waals surface area contributed by atoms with Gasteiger partial charge in [-0.15, -0.1) is 0 Å². The van der Waals surface area contributed by atoms with Gasteiger partial charge in [0.05, 0.1) is 0 Å². The number of halogens is 3.